The van der Waals surface area contributed by atoms with Gasteiger partial charge in [0.25, 0.3) is 5.91 Å². The largest absolute Gasteiger partial charge is 0.391 e. The predicted octanol–water partition coefficient (Wildman–Crippen LogP) is 0.949. The van der Waals surface area contributed by atoms with Gasteiger partial charge < -0.3 is 15.7 Å². The van der Waals surface area contributed by atoms with Gasteiger partial charge in [-0.3, -0.25) is 4.79 Å². The van der Waals surface area contributed by atoms with Gasteiger partial charge in [0.15, 0.2) is 0 Å². The molecule has 0 aliphatic carbocycles. The van der Waals surface area contributed by atoms with Crippen molar-refractivity contribution in [3.63, 3.8) is 0 Å². The maximum absolute atomic E-state index is 12.0. The molecule has 1 amide bonds. The molecule has 19 heavy (non-hydrogen) atoms. The summed E-state index contributed by atoms with van der Waals surface area (Å²) < 4.78 is 0. The van der Waals surface area contributed by atoms with Crippen LogP contribution in [0.4, 0.5) is 0 Å². The van der Waals surface area contributed by atoms with Gasteiger partial charge in [0, 0.05) is 31.1 Å². The summed E-state index contributed by atoms with van der Waals surface area (Å²) in [6, 6.07) is 7.74. The lowest BCUT2D eigenvalue weighted by atomic mass is 10.1. The first-order valence-electron chi connectivity index (χ1n) is 6.96. The van der Waals surface area contributed by atoms with E-state index in [0.29, 0.717) is 18.7 Å². The molecule has 0 spiro atoms. The number of benzene rings is 1. The van der Waals surface area contributed by atoms with Crippen LogP contribution in [0.25, 0.3) is 0 Å². The maximum Gasteiger partial charge on any atom is 0.251 e. The van der Waals surface area contributed by atoms with Gasteiger partial charge in [-0.15, -0.1) is 0 Å². The molecule has 2 unspecified atom stereocenters. The second-order valence-corrected chi connectivity index (χ2v) is 5.14. The Bertz CT molecular complexity index is 417. The van der Waals surface area contributed by atoms with Crippen LogP contribution in [-0.2, 0) is 6.42 Å². The van der Waals surface area contributed by atoms with Gasteiger partial charge in [-0.05, 0) is 24.1 Å². The smallest absolute Gasteiger partial charge is 0.251 e. The van der Waals surface area contributed by atoms with E-state index in [1.165, 1.54) is 5.56 Å². The Labute approximate surface area is 114 Å². The molecule has 104 valence electrons. The van der Waals surface area contributed by atoms with Crippen LogP contribution in [-0.4, -0.2) is 36.8 Å². The average molecular weight is 262 g/mol. The Hall–Kier alpha value is -1.39. The number of amides is 1. The lowest BCUT2D eigenvalue weighted by molar-refractivity contribution is 0.0927. The van der Waals surface area contributed by atoms with Crippen LogP contribution in [0.5, 0.6) is 0 Å². The number of carbonyl (C=O) groups is 1. The molecule has 1 aromatic rings. The highest BCUT2D eigenvalue weighted by Gasteiger charge is 2.25. The minimum absolute atomic E-state index is 0.0675. The predicted molar refractivity (Wildman–Crippen MR) is 75.1 cm³/mol. The Balaban J connectivity index is 1.85. The van der Waals surface area contributed by atoms with Crippen molar-refractivity contribution >= 4 is 5.91 Å². The van der Waals surface area contributed by atoms with Crippen molar-refractivity contribution in [3.05, 3.63) is 35.4 Å². The molecule has 1 fully saturated rings. The second kappa shape index (κ2) is 6.68. The molecule has 1 aliphatic heterocycles. The highest BCUT2D eigenvalue weighted by Crippen LogP contribution is 2.09. The van der Waals surface area contributed by atoms with Gasteiger partial charge >= 0.3 is 0 Å². The average Bonchev–Trinajstić information content (AvgIpc) is 2.83. The normalized spacial score (nSPS) is 22.4. The third kappa shape index (κ3) is 3.78. The van der Waals surface area contributed by atoms with Crippen LogP contribution < -0.4 is 10.6 Å². The molecule has 2 atom stereocenters. The minimum atomic E-state index is -0.354. The van der Waals surface area contributed by atoms with Gasteiger partial charge in [0.2, 0.25) is 0 Å². The molecule has 4 nitrogen and oxygen atoms in total. The lowest BCUT2D eigenvalue weighted by Crippen LogP contribution is -2.34. The van der Waals surface area contributed by atoms with Crippen LogP contribution in [0.15, 0.2) is 24.3 Å². The molecule has 0 bridgehead atoms. The fraction of sp³-hybridized carbons (Fsp3) is 0.533. The molecule has 0 aromatic heterocycles. The Kier molecular flexibility index (Phi) is 4.93. The fourth-order valence-electron chi connectivity index (χ4n) is 2.36. The van der Waals surface area contributed by atoms with Crippen LogP contribution >= 0.6 is 0 Å². The van der Waals surface area contributed by atoms with Crippen molar-refractivity contribution in [1.29, 1.82) is 0 Å². The summed E-state index contributed by atoms with van der Waals surface area (Å²) >= 11 is 0. The number of rotatable bonds is 5. The Morgan fingerprint density at radius 2 is 2.11 bits per heavy atom. The van der Waals surface area contributed by atoms with Crippen molar-refractivity contribution < 1.29 is 9.90 Å². The van der Waals surface area contributed by atoms with Crippen molar-refractivity contribution in [3.8, 4) is 0 Å². The van der Waals surface area contributed by atoms with E-state index >= 15 is 0 Å². The topological polar surface area (TPSA) is 61.4 Å². The van der Waals surface area contributed by atoms with E-state index in [1.807, 2.05) is 24.3 Å². The molecule has 1 saturated heterocycles. The molecular formula is C15H22N2O2. The van der Waals surface area contributed by atoms with Gasteiger partial charge in [-0.2, -0.15) is 0 Å². The van der Waals surface area contributed by atoms with Gasteiger partial charge in [-0.1, -0.05) is 25.5 Å². The number of carbonyl (C=O) groups excluding carboxylic acids is 1. The minimum Gasteiger partial charge on any atom is -0.391 e. The van der Waals surface area contributed by atoms with E-state index in [0.717, 1.165) is 19.4 Å². The first kappa shape index (κ1) is 14.0. The van der Waals surface area contributed by atoms with E-state index < -0.39 is 0 Å². The summed E-state index contributed by atoms with van der Waals surface area (Å²) in [6.45, 7) is 4.04. The Morgan fingerprint density at radius 1 is 1.37 bits per heavy atom. The molecule has 1 aliphatic rings. The zero-order chi connectivity index (χ0) is 13.7. The first-order chi connectivity index (χ1) is 9.20. The zero-order valence-corrected chi connectivity index (χ0v) is 11.4. The monoisotopic (exact) mass is 262 g/mol. The first-order valence-corrected chi connectivity index (χ1v) is 6.96. The summed E-state index contributed by atoms with van der Waals surface area (Å²) in [4.78, 5) is 12.0. The van der Waals surface area contributed by atoms with Gasteiger partial charge in [0.05, 0.1) is 6.10 Å². The standard InChI is InChI=1S/C15H22N2O2/c1-2-3-11-4-6-12(7-5-11)15(19)17-9-13-8-16-10-14(13)18/h4-7,13-14,16,18H,2-3,8-10H2,1H3,(H,17,19). The van der Waals surface area contributed by atoms with Gasteiger partial charge in [0.1, 0.15) is 0 Å². The van der Waals surface area contributed by atoms with Crippen LogP contribution in [0.2, 0.25) is 0 Å². The van der Waals surface area contributed by atoms with E-state index in [9.17, 15) is 9.90 Å². The SMILES string of the molecule is CCCc1ccc(C(=O)NCC2CNCC2O)cc1. The molecule has 3 N–H and O–H groups in total. The maximum atomic E-state index is 12.0. The number of aliphatic hydroxyl groups is 1. The molecule has 0 saturated carbocycles. The number of hydrogen-bond donors (Lipinski definition) is 3. The van der Waals surface area contributed by atoms with E-state index in [4.69, 9.17) is 0 Å². The molecule has 0 radical (unpaired) electrons. The van der Waals surface area contributed by atoms with E-state index in [2.05, 4.69) is 17.6 Å². The summed E-state index contributed by atoms with van der Waals surface area (Å²) in [5.74, 6) is 0.0467. The van der Waals surface area contributed by atoms with Crippen molar-refractivity contribution in [2.24, 2.45) is 5.92 Å². The second-order valence-electron chi connectivity index (χ2n) is 5.14. The Morgan fingerprint density at radius 3 is 2.68 bits per heavy atom. The fourth-order valence-corrected chi connectivity index (χ4v) is 2.36. The molecular weight excluding hydrogens is 240 g/mol. The molecule has 1 heterocycles. The number of aliphatic hydroxyl groups excluding tert-OH is 1. The number of nitrogens with one attached hydrogen (secondary N) is 2. The third-order valence-corrected chi connectivity index (χ3v) is 3.58. The quantitative estimate of drug-likeness (QED) is 0.740. The molecule has 2 rings (SSSR count). The summed E-state index contributed by atoms with van der Waals surface area (Å²) in [7, 11) is 0. The van der Waals surface area contributed by atoms with Crippen molar-refractivity contribution in [1.82, 2.24) is 10.6 Å². The number of hydrogen-bond acceptors (Lipinski definition) is 3. The van der Waals surface area contributed by atoms with E-state index in [1.54, 1.807) is 0 Å². The zero-order valence-electron chi connectivity index (χ0n) is 11.4. The summed E-state index contributed by atoms with van der Waals surface area (Å²) in [5.41, 5.74) is 1.94. The summed E-state index contributed by atoms with van der Waals surface area (Å²) in [5, 5.41) is 15.6. The molecule has 1 aromatic carbocycles. The van der Waals surface area contributed by atoms with Crippen molar-refractivity contribution in [2.45, 2.75) is 25.9 Å². The highest BCUT2D eigenvalue weighted by atomic mass is 16.3. The van der Waals surface area contributed by atoms with Crippen molar-refractivity contribution in [2.75, 3.05) is 19.6 Å². The number of aryl methyl sites for hydroxylation is 1. The highest BCUT2D eigenvalue weighted by molar-refractivity contribution is 5.94. The summed E-state index contributed by atoms with van der Waals surface area (Å²) in [6.07, 6.45) is 1.80. The van der Waals surface area contributed by atoms with Crippen LogP contribution in [0.1, 0.15) is 29.3 Å². The van der Waals surface area contributed by atoms with Gasteiger partial charge in [-0.25, -0.2) is 0 Å². The molecule has 4 heteroatoms. The lowest BCUT2D eigenvalue weighted by Gasteiger charge is -2.14. The van der Waals surface area contributed by atoms with Crippen LogP contribution in [0, 0.1) is 5.92 Å². The van der Waals surface area contributed by atoms with Crippen LogP contribution in [0.3, 0.4) is 0 Å². The third-order valence-electron chi connectivity index (χ3n) is 3.58. The van der Waals surface area contributed by atoms with E-state index in [-0.39, 0.29) is 17.9 Å². The number of β-amino-alcohol motifs (C(OH)–C–C–N with tert-alkyl or cyclic N) is 1.